The lowest BCUT2D eigenvalue weighted by Crippen LogP contribution is -2.29. The molecule has 0 atom stereocenters. The zero-order chi connectivity index (χ0) is 17.6. The minimum absolute atomic E-state index is 0.174. The zero-order valence-electron chi connectivity index (χ0n) is 14.2. The molecule has 1 heterocycles. The van der Waals surface area contributed by atoms with Gasteiger partial charge in [0.2, 0.25) is 0 Å². The predicted octanol–water partition coefficient (Wildman–Crippen LogP) is 0.899. The van der Waals surface area contributed by atoms with E-state index in [1.807, 2.05) is 6.92 Å². The number of aromatic nitrogens is 1. The summed E-state index contributed by atoms with van der Waals surface area (Å²) in [6, 6.07) is 3.52. The second kappa shape index (κ2) is 12.3. The second-order valence-corrected chi connectivity index (χ2v) is 4.82. The van der Waals surface area contributed by atoms with Crippen LogP contribution in [0, 0.1) is 6.92 Å². The maximum atomic E-state index is 11.8. The minimum atomic E-state index is -0.447. The number of pyridine rings is 1. The number of hydrogen-bond acceptors (Lipinski definition) is 6. The fourth-order valence-electron chi connectivity index (χ4n) is 1.67. The number of amides is 2. The molecule has 1 aromatic heterocycles. The lowest BCUT2D eigenvalue weighted by Gasteiger charge is -2.08. The summed E-state index contributed by atoms with van der Waals surface area (Å²) in [6.07, 6.45) is 1.10. The van der Waals surface area contributed by atoms with Gasteiger partial charge in [-0.05, 0) is 26.0 Å². The molecular weight excluding hydrogens is 314 g/mol. The second-order valence-electron chi connectivity index (χ2n) is 4.82. The van der Waals surface area contributed by atoms with Crippen LogP contribution in [0.2, 0.25) is 0 Å². The molecule has 0 bridgehead atoms. The van der Waals surface area contributed by atoms with Crippen molar-refractivity contribution in [1.29, 1.82) is 0 Å². The van der Waals surface area contributed by atoms with Gasteiger partial charge in [0, 0.05) is 25.0 Å². The molecule has 0 aromatic carbocycles. The van der Waals surface area contributed by atoms with Crippen LogP contribution in [0.15, 0.2) is 18.3 Å². The lowest BCUT2D eigenvalue weighted by molar-refractivity contribution is 0.0488. The molecule has 0 aliphatic heterocycles. The number of rotatable bonds is 11. The van der Waals surface area contributed by atoms with Crippen molar-refractivity contribution in [2.75, 3.05) is 46.1 Å². The summed E-state index contributed by atoms with van der Waals surface area (Å²) < 4.78 is 15.3. The Bertz CT molecular complexity index is 493. The molecule has 0 spiro atoms. The molecule has 8 heteroatoms. The summed E-state index contributed by atoms with van der Waals surface area (Å²) in [5.41, 5.74) is 1.39. The van der Waals surface area contributed by atoms with Crippen LogP contribution in [0.5, 0.6) is 0 Å². The summed E-state index contributed by atoms with van der Waals surface area (Å²) in [5.74, 6) is -0.174. The number of nitrogens with one attached hydrogen (secondary N) is 2. The Balaban J connectivity index is 1.92. The fraction of sp³-hybridized carbons (Fsp3) is 0.562. The first-order valence-electron chi connectivity index (χ1n) is 7.90. The molecule has 2 amide bonds. The average Bonchev–Trinajstić information content (AvgIpc) is 2.57. The monoisotopic (exact) mass is 339 g/mol. The Morgan fingerprint density at radius 1 is 1.04 bits per heavy atom. The number of carbonyl (C=O) groups is 2. The Labute approximate surface area is 141 Å². The van der Waals surface area contributed by atoms with E-state index in [1.165, 1.54) is 0 Å². The molecule has 0 unspecified atom stereocenters. The van der Waals surface area contributed by atoms with E-state index in [-0.39, 0.29) is 5.91 Å². The number of nitrogens with zero attached hydrogens (tertiary/aromatic N) is 1. The van der Waals surface area contributed by atoms with Gasteiger partial charge in [-0.15, -0.1) is 0 Å². The molecule has 1 aromatic rings. The van der Waals surface area contributed by atoms with E-state index in [0.717, 1.165) is 5.69 Å². The van der Waals surface area contributed by atoms with Crippen LogP contribution < -0.4 is 10.6 Å². The highest BCUT2D eigenvalue weighted by atomic mass is 16.5. The molecular formula is C16H25N3O5. The topological polar surface area (TPSA) is 98.8 Å². The molecule has 134 valence electrons. The molecule has 8 nitrogen and oxygen atoms in total. The average molecular weight is 339 g/mol. The van der Waals surface area contributed by atoms with E-state index in [9.17, 15) is 9.59 Å². The van der Waals surface area contributed by atoms with Crippen molar-refractivity contribution < 1.29 is 23.8 Å². The number of aryl methyl sites for hydroxylation is 1. The standard InChI is InChI=1S/C16H25N3O5/c1-3-24-16(21)18-7-9-23-11-10-22-8-6-17-15(20)14-5-4-13(2)19-12-14/h4-5,12H,3,6-11H2,1-2H3,(H,17,20)(H,18,21). The molecule has 24 heavy (non-hydrogen) atoms. The van der Waals surface area contributed by atoms with Crippen LogP contribution in [0.25, 0.3) is 0 Å². The van der Waals surface area contributed by atoms with Gasteiger partial charge in [-0.2, -0.15) is 0 Å². The summed E-state index contributed by atoms with van der Waals surface area (Å²) in [7, 11) is 0. The SMILES string of the molecule is CCOC(=O)NCCOCCOCCNC(=O)c1ccc(C)nc1. The summed E-state index contributed by atoms with van der Waals surface area (Å²) in [4.78, 5) is 26.8. The maximum Gasteiger partial charge on any atom is 0.407 e. The highest BCUT2D eigenvalue weighted by Crippen LogP contribution is 1.98. The van der Waals surface area contributed by atoms with Gasteiger partial charge in [-0.25, -0.2) is 4.79 Å². The van der Waals surface area contributed by atoms with Gasteiger partial charge in [0.1, 0.15) is 0 Å². The first-order chi connectivity index (χ1) is 11.6. The number of alkyl carbamates (subject to hydrolysis) is 1. The Morgan fingerprint density at radius 2 is 1.71 bits per heavy atom. The molecule has 0 radical (unpaired) electrons. The molecule has 1 rings (SSSR count). The van der Waals surface area contributed by atoms with Crippen molar-refractivity contribution in [3.63, 3.8) is 0 Å². The van der Waals surface area contributed by atoms with Crippen LogP contribution in [-0.2, 0) is 14.2 Å². The highest BCUT2D eigenvalue weighted by Gasteiger charge is 2.04. The number of hydrogen-bond donors (Lipinski definition) is 2. The van der Waals surface area contributed by atoms with Crippen LogP contribution in [0.3, 0.4) is 0 Å². The van der Waals surface area contributed by atoms with Crippen LogP contribution in [0.4, 0.5) is 4.79 Å². The largest absolute Gasteiger partial charge is 0.450 e. The molecule has 0 saturated heterocycles. The van der Waals surface area contributed by atoms with Gasteiger partial charge in [-0.1, -0.05) is 0 Å². The Morgan fingerprint density at radius 3 is 2.29 bits per heavy atom. The van der Waals surface area contributed by atoms with Crippen LogP contribution in [0.1, 0.15) is 23.0 Å². The maximum absolute atomic E-state index is 11.8. The number of carbonyl (C=O) groups excluding carboxylic acids is 2. The first kappa shape index (κ1) is 19.9. The van der Waals surface area contributed by atoms with Crippen molar-refractivity contribution in [1.82, 2.24) is 15.6 Å². The zero-order valence-corrected chi connectivity index (χ0v) is 14.2. The lowest BCUT2D eigenvalue weighted by atomic mass is 10.2. The molecule has 0 fully saturated rings. The van der Waals surface area contributed by atoms with E-state index < -0.39 is 6.09 Å². The smallest absolute Gasteiger partial charge is 0.407 e. The van der Waals surface area contributed by atoms with Crippen molar-refractivity contribution in [2.45, 2.75) is 13.8 Å². The third kappa shape index (κ3) is 9.06. The van der Waals surface area contributed by atoms with Crippen LogP contribution >= 0.6 is 0 Å². The third-order valence-corrected chi connectivity index (χ3v) is 2.87. The first-order valence-corrected chi connectivity index (χ1v) is 7.90. The minimum Gasteiger partial charge on any atom is -0.450 e. The molecule has 2 N–H and O–H groups in total. The van der Waals surface area contributed by atoms with Crippen molar-refractivity contribution in [2.24, 2.45) is 0 Å². The van der Waals surface area contributed by atoms with Crippen molar-refractivity contribution in [3.05, 3.63) is 29.6 Å². The van der Waals surface area contributed by atoms with Gasteiger partial charge < -0.3 is 24.8 Å². The van der Waals surface area contributed by atoms with Crippen molar-refractivity contribution >= 4 is 12.0 Å². The molecule has 0 saturated carbocycles. The molecule has 0 aliphatic carbocycles. The van der Waals surface area contributed by atoms with Crippen LogP contribution in [-0.4, -0.2) is 63.1 Å². The Hall–Kier alpha value is -2.19. The Kier molecular flexibility index (Phi) is 10.1. The summed E-state index contributed by atoms with van der Waals surface area (Å²) in [5, 5.41) is 5.29. The summed E-state index contributed by atoms with van der Waals surface area (Å²) in [6.45, 7) is 6.38. The van der Waals surface area contributed by atoms with Gasteiger partial charge >= 0.3 is 6.09 Å². The van der Waals surface area contributed by atoms with E-state index >= 15 is 0 Å². The third-order valence-electron chi connectivity index (χ3n) is 2.87. The highest BCUT2D eigenvalue weighted by molar-refractivity contribution is 5.93. The van der Waals surface area contributed by atoms with E-state index in [1.54, 1.807) is 25.3 Å². The predicted molar refractivity (Wildman–Crippen MR) is 88.0 cm³/mol. The van der Waals surface area contributed by atoms with Gasteiger partial charge in [0.15, 0.2) is 0 Å². The van der Waals surface area contributed by atoms with E-state index in [2.05, 4.69) is 15.6 Å². The quantitative estimate of drug-likeness (QED) is 0.581. The number of ether oxygens (including phenoxy) is 3. The normalized spacial score (nSPS) is 10.2. The summed E-state index contributed by atoms with van der Waals surface area (Å²) >= 11 is 0. The van der Waals surface area contributed by atoms with Gasteiger partial charge in [0.05, 0.1) is 38.6 Å². The van der Waals surface area contributed by atoms with E-state index in [4.69, 9.17) is 14.2 Å². The van der Waals surface area contributed by atoms with Crippen molar-refractivity contribution in [3.8, 4) is 0 Å². The fourth-order valence-corrected chi connectivity index (χ4v) is 1.67. The van der Waals surface area contributed by atoms with Gasteiger partial charge in [-0.3, -0.25) is 9.78 Å². The molecule has 0 aliphatic rings. The van der Waals surface area contributed by atoms with E-state index in [0.29, 0.717) is 51.7 Å². The van der Waals surface area contributed by atoms with Gasteiger partial charge in [0.25, 0.3) is 5.91 Å².